The standard InChI is InChI=1S/C9H10N4O/c10-3-8-9(12-2-1-11-8)13-4-7(5-13)6-14/h1-2,7,14H,4-6H2. The molecule has 0 radical (unpaired) electrons. The number of aromatic nitrogens is 2. The summed E-state index contributed by atoms with van der Waals surface area (Å²) in [5.41, 5.74) is 0.351. The van der Waals surface area contributed by atoms with Crippen LogP contribution in [0.25, 0.3) is 0 Å². The molecule has 0 spiro atoms. The first-order chi connectivity index (χ1) is 6.85. The Labute approximate surface area is 81.6 Å². The number of hydrogen-bond donors (Lipinski definition) is 1. The van der Waals surface area contributed by atoms with Gasteiger partial charge in [-0.2, -0.15) is 5.26 Å². The third kappa shape index (κ3) is 1.40. The third-order valence-corrected chi connectivity index (χ3v) is 2.30. The highest BCUT2D eigenvalue weighted by Crippen LogP contribution is 2.23. The second-order valence-electron chi connectivity index (χ2n) is 3.29. The minimum Gasteiger partial charge on any atom is -0.396 e. The fraction of sp³-hybridized carbons (Fsp3) is 0.444. The van der Waals surface area contributed by atoms with E-state index >= 15 is 0 Å². The van der Waals surface area contributed by atoms with Crippen molar-refractivity contribution in [1.82, 2.24) is 9.97 Å². The highest BCUT2D eigenvalue weighted by molar-refractivity contribution is 5.51. The Morgan fingerprint density at radius 1 is 1.50 bits per heavy atom. The Balaban J connectivity index is 2.15. The van der Waals surface area contributed by atoms with Crippen LogP contribution in [0, 0.1) is 17.2 Å². The summed E-state index contributed by atoms with van der Waals surface area (Å²) in [5, 5.41) is 17.6. The Morgan fingerprint density at radius 3 is 2.86 bits per heavy atom. The summed E-state index contributed by atoms with van der Waals surface area (Å²) in [6.07, 6.45) is 3.08. The average Bonchev–Trinajstić information content (AvgIpc) is 2.17. The van der Waals surface area contributed by atoms with E-state index in [-0.39, 0.29) is 6.61 Å². The highest BCUT2D eigenvalue weighted by atomic mass is 16.3. The third-order valence-electron chi connectivity index (χ3n) is 2.30. The summed E-state index contributed by atoms with van der Waals surface area (Å²) in [6.45, 7) is 1.70. The second-order valence-corrected chi connectivity index (χ2v) is 3.29. The number of rotatable bonds is 2. The molecule has 0 amide bonds. The van der Waals surface area contributed by atoms with E-state index in [9.17, 15) is 0 Å². The Kier molecular flexibility index (Phi) is 2.29. The first-order valence-corrected chi connectivity index (χ1v) is 4.42. The normalized spacial score (nSPS) is 16.1. The van der Waals surface area contributed by atoms with Crippen LogP contribution in [-0.4, -0.2) is 34.8 Å². The molecule has 0 aromatic carbocycles. The van der Waals surface area contributed by atoms with Crippen LogP contribution in [0.1, 0.15) is 5.69 Å². The van der Waals surface area contributed by atoms with Gasteiger partial charge in [-0.05, 0) is 0 Å². The molecule has 0 saturated carbocycles. The van der Waals surface area contributed by atoms with E-state index in [2.05, 4.69) is 9.97 Å². The summed E-state index contributed by atoms with van der Waals surface area (Å²) >= 11 is 0. The zero-order valence-corrected chi connectivity index (χ0v) is 7.59. The molecule has 0 aliphatic carbocycles. The van der Waals surface area contributed by atoms with Gasteiger partial charge in [-0.1, -0.05) is 0 Å². The van der Waals surface area contributed by atoms with Gasteiger partial charge in [0.1, 0.15) is 6.07 Å². The van der Waals surface area contributed by atoms with Crippen LogP contribution >= 0.6 is 0 Å². The van der Waals surface area contributed by atoms with Crippen molar-refractivity contribution < 1.29 is 5.11 Å². The molecule has 1 aliphatic rings. The number of anilines is 1. The summed E-state index contributed by atoms with van der Waals surface area (Å²) in [6, 6.07) is 2.00. The van der Waals surface area contributed by atoms with Gasteiger partial charge < -0.3 is 10.0 Å². The van der Waals surface area contributed by atoms with Crippen LogP contribution in [0.15, 0.2) is 12.4 Å². The van der Waals surface area contributed by atoms with Gasteiger partial charge in [-0.25, -0.2) is 9.97 Å². The van der Waals surface area contributed by atoms with Gasteiger partial charge in [0.2, 0.25) is 0 Å². The van der Waals surface area contributed by atoms with Gasteiger partial charge in [0.15, 0.2) is 11.5 Å². The minimum atomic E-state index is 0.193. The lowest BCUT2D eigenvalue weighted by Crippen LogP contribution is -2.49. The van der Waals surface area contributed by atoms with Gasteiger partial charge in [-0.15, -0.1) is 0 Å². The van der Waals surface area contributed by atoms with Gasteiger partial charge in [0.25, 0.3) is 0 Å². The predicted molar refractivity (Wildman–Crippen MR) is 49.5 cm³/mol. The molecule has 0 atom stereocenters. The summed E-state index contributed by atoms with van der Waals surface area (Å²) < 4.78 is 0. The van der Waals surface area contributed by atoms with Crippen LogP contribution in [-0.2, 0) is 0 Å². The van der Waals surface area contributed by atoms with Gasteiger partial charge in [0.05, 0.1) is 0 Å². The Bertz CT molecular complexity index is 367. The Morgan fingerprint density at radius 2 is 2.21 bits per heavy atom. The van der Waals surface area contributed by atoms with Crippen molar-refractivity contribution in [3.8, 4) is 6.07 Å². The average molecular weight is 190 g/mol. The molecule has 72 valence electrons. The van der Waals surface area contributed by atoms with Gasteiger partial charge in [0, 0.05) is 38.0 Å². The molecule has 1 saturated heterocycles. The van der Waals surface area contributed by atoms with Crippen molar-refractivity contribution in [3.05, 3.63) is 18.1 Å². The molecular weight excluding hydrogens is 180 g/mol. The number of nitrogens with zero attached hydrogens (tertiary/aromatic N) is 4. The molecule has 1 fully saturated rings. The first-order valence-electron chi connectivity index (χ1n) is 4.42. The number of hydrogen-bond acceptors (Lipinski definition) is 5. The quantitative estimate of drug-likeness (QED) is 0.697. The summed E-state index contributed by atoms with van der Waals surface area (Å²) in [5.74, 6) is 0.934. The van der Waals surface area contributed by atoms with Crippen LogP contribution < -0.4 is 4.90 Å². The summed E-state index contributed by atoms with van der Waals surface area (Å²) in [7, 11) is 0. The van der Waals surface area contributed by atoms with E-state index in [0.717, 1.165) is 13.1 Å². The lowest BCUT2D eigenvalue weighted by Gasteiger charge is -2.39. The number of nitriles is 1. The van der Waals surface area contributed by atoms with Crippen LogP contribution in [0.3, 0.4) is 0 Å². The fourth-order valence-electron chi connectivity index (χ4n) is 1.50. The van der Waals surface area contributed by atoms with Crippen molar-refractivity contribution in [2.24, 2.45) is 5.92 Å². The van der Waals surface area contributed by atoms with E-state index in [0.29, 0.717) is 17.4 Å². The Hall–Kier alpha value is -1.67. The summed E-state index contributed by atoms with van der Waals surface area (Å²) in [4.78, 5) is 9.97. The van der Waals surface area contributed by atoms with E-state index < -0.39 is 0 Å². The predicted octanol–water partition coefficient (Wildman–Crippen LogP) is -0.223. The largest absolute Gasteiger partial charge is 0.396 e. The van der Waals surface area contributed by atoms with Gasteiger partial charge >= 0.3 is 0 Å². The van der Waals surface area contributed by atoms with Crippen molar-refractivity contribution in [1.29, 1.82) is 5.26 Å². The SMILES string of the molecule is N#Cc1nccnc1N1CC(CO)C1. The first kappa shape index (κ1) is 8.91. The van der Waals surface area contributed by atoms with Crippen molar-refractivity contribution in [2.45, 2.75) is 0 Å². The van der Waals surface area contributed by atoms with E-state index in [4.69, 9.17) is 10.4 Å². The van der Waals surface area contributed by atoms with Gasteiger partial charge in [-0.3, -0.25) is 0 Å². The zero-order chi connectivity index (χ0) is 9.97. The lowest BCUT2D eigenvalue weighted by molar-refractivity contribution is 0.200. The van der Waals surface area contributed by atoms with Crippen LogP contribution in [0.2, 0.25) is 0 Å². The molecular formula is C9H10N4O. The molecule has 1 aromatic rings. The lowest BCUT2D eigenvalue weighted by atomic mass is 10.0. The molecule has 1 aromatic heterocycles. The molecule has 5 nitrogen and oxygen atoms in total. The van der Waals surface area contributed by atoms with E-state index in [1.807, 2.05) is 11.0 Å². The van der Waals surface area contributed by atoms with Crippen molar-refractivity contribution in [2.75, 3.05) is 24.6 Å². The van der Waals surface area contributed by atoms with Crippen molar-refractivity contribution >= 4 is 5.82 Å². The van der Waals surface area contributed by atoms with E-state index in [1.165, 1.54) is 6.20 Å². The molecule has 2 rings (SSSR count). The topological polar surface area (TPSA) is 73.0 Å². The minimum absolute atomic E-state index is 0.193. The maximum atomic E-state index is 8.85. The van der Waals surface area contributed by atoms with Crippen molar-refractivity contribution in [3.63, 3.8) is 0 Å². The maximum Gasteiger partial charge on any atom is 0.183 e. The van der Waals surface area contributed by atoms with Crippen LogP contribution in [0.5, 0.6) is 0 Å². The fourth-order valence-corrected chi connectivity index (χ4v) is 1.50. The molecule has 0 bridgehead atoms. The molecule has 14 heavy (non-hydrogen) atoms. The monoisotopic (exact) mass is 190 g/mol. The highest BCUT2D eigenvalue weighted by Gasteiger charge is 2.28. The molecule has 0 unspecified atom stereocenters. The number of aliphatic hydroxyl groups excluding tert-OH is 1. The number of aliphatic hydroxyl groups is 1. The van der Waals surface area contributed by atoms with Crippen LogP contribution in [0.4, 0.5) is 5.82 Å². The molecule has 1 aliphatic heterocycles. The molecule has 2 heterocycles. The molecule has 5 heteroatoms. The zero-order valence-electron chi connectivity index (χ0n) is 7.59. The van der Waals surface area contributed by atoms with E-state index in [1.54, 1.807) is 6.20 Å². The molecule has 1 N–H and O–H groups in total. The second kappa shape index (κ2) is 3.60. The smallest absolute Gasteiger partial charge is 0.183 e. The maximum absolute atomic E-state index is 8.85.